The van der Waals surface area contributed by atoms with E-state index in [9.17, 15) is 14.9 Å². The molecule has 160 valence electrons. The topological polar surface area (TPSA) is 75.9 Å². The van der Waals surface area contributed by atoms with Gasteiger partial charge in [-0.3, -0.25) is 14.9 Å². The molecule has 0 atom stereocenters. The standard InChI is InChI=1S/C23H23N3O4S/c1-2-30-20-16-21(17-6-4-3-5-7-17)31-22(20)23(27)25-14-12-24(13-15-25)18-8-10-19(11-9-18)26(28)29/h3-11,16H,2,12-15H2,1H3. The van der Waals surface area contributed by atoms with E-state index in [1.807, 2.05) is 48.2 Å². The first-order valence-electron chi connectivity index (χ1n) is 10.2. The molecule has 1 aliphatic rings. The number of carbonyl (C=O) groups excluding carboxylic acids is 1. The summed E-state index contributed by atoms with van der Waals surface area (Å²) in [6.45, 7) is 4.92. The van der Waals surface area contributed by atoms with Crippen molar-refractivity contribution in [1.29, 1.82) is 0 Å². The van der Waals surface area contributed by atoms with Gasteiger partial charge in [-0.25, -0.2) is 0 Å². The first kappa shape index (κ1) is 20.9. The Morgan fingerprint density at radius 1 is 1.06 bits per heavy atom. The Hall–Kier alpha value is -3.39. The zero-order chi connectivity index (χ0) is 21.8. The first-order chi connectivity index (χ1) is 15.1. The maximum Gasteiger partial charge on any atom is 0.269 e. The normalized spacial score (nSPS) is 13.8. The minimum Gasteiger partial charge on any atom is -0.492 e. The minimum atomic E-state index is -0.402. The molecule has 1 aliphatic heterocycles. The number of anilines is 1. The zero-order valence-corrected chi connectivity index (χ0v) is 18.0. The van der Waals surface area contributed by atoms with Crippen LogP contribution in [0.2, 0.25) is 0 Å². The van der Waals surface area contributed by atoms with Crippen LogP contribution in [-0.4, -0.2) is 48.5 Å². The number of carbonyl (C=O) groups is 1. The van der Waals surface area contributed by atoms with E-state index in [1.54, 1.807) is 12.1 Å². The maximum absolute atomic E-state index is 13.3. The number of non-ortho nitro benzene ring substituents is 1. The van der Waals surface area contributed by atoms with E-state index in [0.29, 0.717) is 43.4 Å². The summed E-state index contributed by atoms with van der Waals surface area (Å²) in [5.41, 5.74) is 2.07. The molecule has 2 aromatic carbocycles. The third-order valence-electron chi connectivity index (χ3n) is 5.24. The van der Waals surface area contributed by atoms with Crippen molar-refractivity contribution in [3.8, 4) is 16.2 Å². The fourth-order valence-electron chi connectivity index (χ4n) is 3.63. The molecular formula is C23H23N3O4S. The first-order valence-corrected chi connectivity index (χ1v) is 11.0. The summed E-state index contributed by atoms with van der Waals surface area (Å²) in [7, 11) is 0. The highest BCUT2D eigenvalue weighted by Gasteiger charge is 2.27. The predicted octanol–water partition coefficient (Wildman–Crippen LogP) is 4.68. The Balaban J connectivity index is 1.47. The number of hydrogen-bond acceptors (Lipinski definition) is 6. The van der Waals surface area contributed by atoms with Gasteiger partial charge in [0.05, 0.1) is 11.5 Å². The van der Waals surface area contributed by atoms with E-state index in [2.05, 4.69) is 4.90 Å². The average Bonchev–Trinajstić information content (AvgIpc) is 3.23. The van der Waals surface area contributed by atoms with Gasteiger partial charge < -0.3 is 14.5 Å². The summed E-state index contributed by atoms with van der Waals surface area (Å²) in [5, 5.41) is 10.8. The van der Waals surface area contributed by atoms with Crippen LogP contribution in [0, 0.1) is 10.1 Å². The number of nitro benzene ring substituents is 1. The number of nitro groups is 1. The van der Waals surface area contributed by atoms with E-state index >= 15 is 0 Å². The second kappa shape index (κ2) is 9.18. The molecular weight excluding hydrogens is 414 g/mol. The molecule has 0 spiro atoms. The molecule has 4 rings (SSSR count). The number of amides is 1. The highest BCUT2D eigenvalue weighted by molar-refractivity contribution is 7.17. The second-order valence-electron chi connectivity index (χ2n) is 7.16. The number of benzene rings is 2. The third-order valence-corrected chi connectivity index (χ3v) is 6.40. The number of thiophene rings is 1. The van der Waals surface area contributed by atoms with Gasteiger partial charge >= 0.3 is 0 Å². The molecule has 0 aliphatic carbocycles. The van der Waals surface area contributed by atoms with Gasteiger partial charge in [-0.2, -0.15) is 0 Å². The molecule has 31 heavy (non-hydrogen) atoms. The number of ether oxygens (including phenoxy) is 1. The Bertz CT molecular complexity index is 1060. The molecule has 2 heterocycles. The van der Waals surface area contributed by atoms with E-state index < -0.39 is 4.92 Å². The largest absolute Gasteiger partial charge is 0.492 e. The van der Waals surface area contributed by atoms with Gasteiger partial charge in [0.1, 0.15) is 10.6 Å². The molecule has 0 N–H and O–H groups in total. The van der Waals surface area contributed by atoms with Crippen LogP contribution in [0.3, 0.4) is 0 Å². The van der Waals surface area contributed by atoms with Crippen LogP contribution in [0.5, 0.6) is 5.75 Å². The van der Waals surface area contributed by atoms with Crippen molar-refractivity contribution in [3.05, 3.63) is 75.7 Å². The number of nitrogens with zero attached hydrogens (tertiary/aromatic N) is 3. The minimum absolute atomic E-state index is 0.0148. The Morgan fingerprint density at radius 3 is 2.35 bits per heavy atom. The Labute approximate surface area is 184 Å². The second-order valence-corrected chi connectivity index (χ2v) is 8.21. The summed E-state index contributed by atoms with van der Waals surface area (Å²) in [6.07, 6.45) is 0. The van der Waals surface area contributed by atoms with Crippen molar-refractivity contribution in [2.75, 3.05) is 37.7 Å². The fraction of sp³-hybridized carbons (Fsp3) is 0.261. The van der Waals surface area contributed by atoms with Crippen molar-refractivity contribution in [3.63, 3.8) is 0 Å². The number of hydrogen-bond donors (Lipinski definition) is 0. The fourth-order valence-corrected chi connectivity index (χ4v) is 4.70. The van der Waals surface area contributed by atoms with Crippen molar-refractivity contribution in [1.82, 2.24) is 4.90 Å². The summed E-state index contributed by atoms with van der Waals surface area (Å²) in [6, 6.07) is 18.5. The summed E-state index contributed by atoms with van der Waals surface area (Å²) in [4.78, 5) is 29.3. The molecule has 1 fully saturated rings. The molecule has 0 unspecified atom stereocenters. The molecule has 3 aromatic rings. The lowest BCUT2D eigenvalue weighted by molar-refractivity contribution is -0.384. The summed E-state index contributed by atoms with van der Waals surface area (Å²) < 4.78 is 5.77. The van der Waals surface area contributed by atoms with Gasteiger partial charge in [-0.1, -0.05) is 30.3 Å². The van der Waals surface area contributed by atoms with Gasteiger partial charge in [-0.05, 0) is 30.7 Å². The molecule has 1 amide bonds. The molecule has 1 saturated heterocycles. The lowest BCUT2D eigenvalue weighted by atomic mass is 10.2. The van der Waals surface area contributed by atoms with Crippen LogP contribution in [0.1, 0.15) is 16.6 Å². The van der Waals surface area contributed by atoms with Gasteiger partial charge in [-0.15, -0.1) is 11.3 Å². The Morgan fingerprint density at radius 2 is 1.74 bits per heavy atom. The molecule has 0 bridgehead atoms. The Kier molecular flexibility index (Phi) is 6.18. The smallest absolute Gasteiger partial charge is 0.269 e. The molecule has 1 aromatic heterocycles. The van der Waals surface area contributed by atoms with Gasteiger partial charge in [0, 0.05) is 48.9 Å². The van der Waals surface area contributed by atoms with Crippen molar-refractivity contribution in [2.24, 2.45) is 0 Å². The number of piperazine rings is 1. The quantitative estimate of drug-likeness (QED) is 0.413. The van der Waals surface area contributed by atoms with Crippen LogP contribution in [0.25, 0.3) is 10.4 Å². The van der Waals surface area contributed by atoms with Crippen LogP contribution >= 0.6 is 11.3 Å². The summed E-state index contributed by atoms with van der Waals surface area (Å²) in [5.74, 6) is 0.619. The van der Waals surface area contributed by atoms with Crippen molar-refractivity contribution < 1.29 is 14.5 Å². The van der Waals surface area contributed by atoms with E-state index in [0.717, 1.165) is 16.1 Å². The van der Waals surface area contributed by atoms with Gasteiger partial charge in [0.2, 0.25) is 0 Å². The molecule has 0 radical (unpaired) electrons. The maximum atomic E-state index is 13.3. The van der Waals surface area contributed by atoms with Crippen LogP contribution in [-0.2, 0) is 0 Å². The highest BCUT2D eigenvalue weighted by Crippen LogP contribution is 2.37. The molecule has 0 saturated carbocycles. The third kappa shape index (κ3) is 4.54. The lowest BCUT2D eigenvalue weighted by Gasteiger charge is -2.36. The van der Waals surface area contributed by atoms with Crippen molar-refractivity contribution in [2.45, 2.75) is 6.92 Å². The van der Waals surface area contributed by atoms with E-state index in [-0.39, 0.29) is 11.6 Å². The zero-order valence-electron chi connectivity index (χ0n) is 17.2. The van der Waals surface area contributed by atoms with E-state index in [1.165, 1.54) is 23.5 Å². The molecule has 8 heteroatoms. The van der Waals surface area contributed by atoms with Crippen LogP contribution in [0.4, 0.5) is 11.4 Å². The SMILES string of the molecule is CCOc1cc(-c2ccccc2)sc1C(=O)N1CCN(c2ccc([N+](=O)[O-])cc2)CC1. The molecule has 7 nitrogen and oxygen atoms in total. The predicted molar refractivity (Wildman–Crippen MR) is 122 cm³/mol. The van der Waals surface area contributed by atoms with Crippen molar-refractivity contribution >= 4 is 28.6 Å². The summed E-state index contributed by atoms with van der Waals surface area (Å²) >= 11 is 1.46. The number of rotatable bonds is 6. The monoisotopic (exact) mass is 437 g/mol. The van der Waals surface area contributed by atoms with Gasteiger partial charge in [0.25, 0.3) is 11.6 Å². The van der Waals surface area contributed by atoms with Gasteiger partial charge in [0.15, 0.2) is 0 Å². The van der Waals surface area contributed by atoms with E-state index in [4.69, 9.17) is 4.74 Å². The van der Waals surface area contributed by atoms with Crippen LogP contribution in [0.15, 0.2) is 60.7 Å². The average molecular weight is 438 g/mol. The highest BCUT2D eigenvalue weighted by atomic mass is 32.1. The van der Waals surface area contributed by atoms with Crippen LogP contribution < -0.4 is 9.64 Å². The lowest BCUT2D eigenvalue weighted by Crippen LogP contribution is -2.48.